The van der Waals surface area contributed by atoms with Crippen molar-refractivity contribution in [2.45, 2.75) is 76.4 Å². The van der Waals surface area contributed by atoms with Crippen LogP contribution < -0.4 is 14.8 Å². The summed E-state index contributed by atoms with van der Waals surface area (Å²) in [6.45, 7) is 2.85. The number of nitrogens with one attached hydrogen (secondary N) is 1. The first-order valence-corrected chi connectivity index (χ1v) is 13.0. The van der Waals surface area contributed by atoms with Gasteiger partial charge in [-0.3, -0.25) is 4.79 Å². The Labute approximate surface area is 220 Å². The molecule has 2 heterocycles. The normalized spacial score (nSPS) is 20.8. The third-order valence-corrected chi connectivity index (χ3v) is 7.36. The van der Waals surface area contributed by atoms with E-state index in [1.54, 1.807) is 18.9 Å². The number of alkyl halides is 3. The Morgan fingerprint density at radius 1 is 1.05 bits per heavy atom. The third kappa shape index (κ3) is 6.74. The Bertz CT molecular complexity index is 1090. The maximum Gasteiger partial charge on any atom is 0.416 e. The number of aromatic nitrogens is 2. The van der Waals surface area contributed by atoms with E-state index < -0.39 is 11.7 Å². The number of ether oxygens (including phenoxy) is 3. The minimum atomic E-state index is -4.40. The van der Waals surface area contributed by atoms with Crippen molar-refractivity contribution in [2.24, 2.45) is 0 Å². The Kier molecular flexibility index (Phi) is 9.09. The quantitative estimate of drug-likeness (QED) is 0.530. The SMILES string of the molecule is COc1nc(OCc2ccc(C(F)(F)F)cc2)c(C)c(C(=O)N2CCC(N[C@H]3CCCC[C@H]3OC)CC2)n1. The van der Waals surface area contributed by atoms with Crippen LogP contribution in [0.3, 0.4) is 0 Å². The van der Waals surface area contributed by atoms with Crippen LogP contribution in [-0.4, -0.2) is 66.3 Å². The van der Waals surface area contributed by atoms with Gasteiger partial charge in [-0.1, -0.05) is 25.0 Å². The van der Waals surface area contributed by atoms with Gasteiger partial charge in [-0.2, -0.15) is 23.1 Å². The van der Waals surface area contributed by atoms with Crippen LogP contribution in [0.25, 0.3) is 0 Å². The maximum atomic E-state index is 13.4. The number of halogens is 3. The van der Waals surface area contributed by atoms with Crippen LogP contribution in [0, 0.1) is 6.92 Å². The number of hydrogen-bond donors (Lipinski definition) is 1. The van der Waals surface area contributed by atoms with E-state index in [2.05, 4.69) is 15.3 Å². The molecule has 2 aliphatic rings. The monoisotopic (exact) mass is 536 g/mol. The van der Waals surface area contributed by atoms with Gasteiger partial charge in [0.05, 0.1) is 18.8 Å². The number of amides is 1. The molecule has 2 atom stereocenters. The number of likely N-dealkylation sites (tertiary alicyclic amines) is 1. The van der Waals surface area contributed by atoms with Crippen LogP contribution in [0.15, 0.2) is 24.3 Å². The van der Waals surface area contributed by atoms with Crippen LogP contribution in [0.1, 0.15) is 65.7 Å². The fraction of sp³-hybridized carbons (Fsp3) is 0.593. The molecule has 208 valence electrons. The largest absolute Gasteiger partial charge is 0.472 e. The first kappa shape index (κ1) is 28.1. The summed E-state index contributed by atoms with van der Waals surface area (Å²) < 4.78 is 55.1. The number of methoxy groups -OCH3 is 2. The lowest BCUT2D eigenvalue weighted by molar-refractivity contribution is -0.137. The highest BCUT2D eigenvalue weighted by Gasteiger charge is 2.32. The predicted molar refractivity (Wildman–Crippen MR) is 134 cm³/mol. The van der Waals surface area contributed by atoms with Gasteiger partial charge in [0.2, 0.25) is 5.88 Å². The van der Waals surface area contributed by atoms with Gasteiger partial charge >= 0.3 is 12.2 Å². The maximum absolute atomic E-state index is 13.4. The molecule has 2 aromatic rings. The summed E-state index contributed by atoms with van der Waals surface area (Å²) >= 11 is 0. The van der Waals surface area contributed by atoms with Gasteiger partial charge in [-0.05, 0) is 50.3 Å². The predicted octanol–water partition coefficient (Wildman–Crippen LogP) is 4.54. The fourth-order valence-electron chi connectivity index (χ4n) is 5.13. The number of rotatable bonds is 8. The summed E-state index contributed by atoms with van der Waals surface area (Å²) in [7, 11) is 3.17. The Morgan fingerprint density at radius 3 is 2.37 bits per heavy atom. The molecular formula is C27H35F3N4O4. The first-order valence-electron chi connectivity index (χ1n) is 13.0. The molecular weight excluding hydrogens is 501 g/mol. The molecule has 0 bridgehead atoms. The van der Waals surface area contributed by atoms with E-state index in [1.165, 1.54) is 32.1 Å². The average molecular weight is 537 g/mol. The van der Waals surface area contributed by atoms with E-state index in [9.17, 15) is 18.0 Å². The lowest BCUT2D eigenvalue weighted by atomic mass is 9.90. The number of carbonyl (C=O) groups is 1. The van der Waals surface area contributed by atoms with E-state index >= 15 is 0 Å². The van der Waals surface area contributed by atoms with Crippen molar-refractivity contribution in [2.75, 3.05) is 27.3 Å². The van der Waals surface area contributed by atoms with Crippen LogP contribution >= 0.6 is 0 Å². The van der Waals surface area contributed by atoms with Crippen molar-refractivity contribution in [3.8, 4) is 11.9 Å². The van der Waals surface area contributed by atoms with Gasteiger partial charge in [0, 0.05) is 37.8 Å². The summed E-state index contributed by atoms with van der Waals surface area (Å²) in [4.78, 5) is 23.7. The molecule has 0 unspecified atom stereocenters. The van der Waals surface area contributed by atoms with Crippen molar-refractivity contribution in [3.05, 3.63) is 46.6 Å². The minimum absolute atomic E-state index is 0.0131. The lowest BCUT2D eigenvalue weighted by Crippen LogP contribution is -2.52. The smallest absolute Gasteiger partial charge is 0.416 e. The van der Waals surface area contributed by atoms with Crippen LogP contribution in [0.5, 0.6) is 11.9 Å². The van der Waals surface area contributed by atoms with E-state index in [0.717, 1.165) is 37.8 Å². The van der Waals surface area contributed by atoms with Crippen molar-refractivity contribution in [1.82, 2.24) is 20.2 Å². The highest BCUT2D eigenvalue weighted by atomic mass is 19.4. The van der Waals surface area contributed by atoms with Crippen LogP contribution in [-0.2, 0) is 17.5 Å². The Hall–Kier alpha value is -2.92. The van der Waals surface area contributed by atoms with E-state index in [-0.39, 0.29) is 36.2 Å². The summed E-state index contributed by atoms with van der Waals surface area (Å²) in [6, 6.07) is 5.36. The number of hydrogen-bond acceptors (Lipinski definition) is 7. The van der Waals surface area contributed by atoms with E-state index in [0.29, 0.717) is 36.3 Å². The standard InChI is InChI=1S/C27H35F3N4O4/c1-17-23(25(35)34-14-12-20(13-15-34)31-21-6-4-5-7-22(21)36-2)32-26(37-3)33-24(17)38-16-18-8-10-19(11-9-18)27(28,29)30/h8-11,20-22,31H,4-7,12-16H2,1-3H3/t21-,22+/m0/s1. The van der Waals surface area contributed by atoms with Crippen LogP contribution in [0.2, 0.25) is 0 Å². The van der Waals surface area contributed by atoms with Gasteiger partial charge < -0.3 is 24.4 Å². The molecule has 1 aromatic heterocycles. The molecule has 1 amide bonds. The number of nitrogens with zero attached hydrogens (tertiary/aromatic N) is 3. The van der Waals surface area contributed by atoms with Crippen molar-refractivity contribution in [3.63, 3.8) is 0 Å². The summed E-state index contributed by atoms with van der Waals surface area (Å²) in [6.07, 6.45) is 2.07. The molecule has 1 aromatic carbocycles. The third-order valence-electron chi connectivity index (χ3n) is 7.36. The molecule has 1 aliphatic carbocycles. The molecule has 0 radical (unpaired) electrons. The number of carbonyl (C=O) groups excluding carboxylic acids is 1. The molecule has 2 fully saturated rings. The zero-order valence-corrected chi connectivity index (χ0v) is 22.0. The Morgan fingerprint density at radius 2 is 1.74 bits per heavy atom. The zero-order valence-electron chi connectivity index (χ0n) is 22.0. The molecule has 38 heavy (non-hydrogen) atoms. The average Bonchev–Trinajstić information content (AvgIpc) is 2.92. The summed E-state index contributed by atoms with van der Waals surface area (Å²) in [5.41, 5.74) is 0.446. The minimum Gasteiger partial charge on any atom is -0.472 e. The van der Waals surface area contributed by atoms with Gasteiger partial charge in [-0.25, -0.2) is 0 Å². The second kappa shape index (κ2) is 12.3. The number of benzene rings is 1. The number of piperidine rings is 1. The first-order chi connectivity index (χ1) is 18.2. The van der Waals surface area contributed by atoms with Gasteiger partial charge in [0.1, 0.15) is 12.3 Å². The summed E-state index contributed by atoms with van der Waals surface area (Å²) in [5.74, 6) is -0.0759. The van der Waals surface area contributed by atoms with Crippen LogP contribution in [0.4, 0.5) is 13.2 Å². The highest BCUT2D eigenvalue weighted by Crippen LogP contribution is 2.30. The van der Waals surface area contributed by atoms with Gasteiger partial charge in [0.25, 0.3) is 5.91 Å². The second-order valence-corrected chi connectivity index (χ2v) is 9.87. The molecule has 1 aliphatic heterocycles. The second-order valence-electron chi connectivity index (χ2n) is 9.87. The zero-order chi connectivity index (χ0) is 27.3. The molecule has 1 saturated carbocycles. The molecule has 11 heteroatoms. The topological polar surface area (TPSA) is 85.8 Å². The van der Waals surface area contributed by atoms with E-state index in [1.807, 2.05) is 0 Å². The fourth-order valence-corrected chi connectivity index (χ4v) is 5.13. The van der Waals surface area contributed by atoms with Gasteiger partial charge in [0.15, 0.2) is 0 Å². The molecule has 1 saturated heterocycles. The van der Waals surface area contributed by atoms with Crippen molar-refractivity contribution in [1.29, 1.82) is 0 Å². The van der Waals surface area contributed by atoms with Crippen molar-refractivity contribution >= 4 is 5.91 Å². The van der Waals surface area contributed by atoms with Crippen molar-refractivity contribution < 1.29 is 32.2 Å². The van der Waals surface area contributed by atoms with Gasteiger partial charge in [-0.15, -0.1) is 0 Å². The molecule has 8 nitrogen and oxygen atoms in total. The molecule has 1 N–H and O–H groups in total. The summed E-state index contributed by atoms with van der Waals surface area (Å²) in [5, 5.41) is 3.75. The Balaban J connectivity index is 1.39. The molecule has 4 rings (SSSR count). The van der Waals surface area contributed by atoms with E-state index in [4.69, 9.17) is 14.2 Å². The lowest BCUT2D eigenvalue weighted by Gasteiger charge is -2.38. The molecule has 0 spiro atoms. The highest BCUT2D eigenvalue weighted by molar-refractivity contribution is 5.94.